The average Bonchev–Trinajstić information content (AvgIpc) is 3.06. The molecule has 0 bridgehead atoms. The third kappa shape index (κ3) is 8.05. The lowest BCUT2D eigenvalue weighted by Crippen LogP contribution is -2.43. The Morgan fingerprint density at radius 2 is 1.89 bits per heavy atom. The van der Waals surface area contributed by atoms with Gasteiger partial charge in [0.25, 0.3) is 0 Å². The number of hydrogen-bond donors (Lipinski definition) is 1. The Hall–Kier alpha value is -1.82. The summed E-state index contributed by atoms with van der Waals surface area (Å²) in [4.78, 5) is 7.31. The largest absolute Gasteiger partial charge is 0.401 e. The van der Waals surface area contributed by atoms with Gasteiger partial charge in [0.1, 0.15) is 0 Å². The molecule has 0 saturated heterocycles. The molecule has 1 aromatic heterocycles. The van der Waals surface area contributed by atoms with E-state index in [0.29, 0.717) is 19.0 Å². The molecule has 6 nitrogen and oxygen atoms in total. The molecule has 0 amide bonds. The lowest BCUT2D eigenvalue weighted by Gasteiger charge is -2.23. The van der Waals surface area contributed by atoms with Crippen LogP contribution in [-0.2, 0) is 6.54 Å². The molecule has 1 aromatic carbocycles. The van der Waals surface area contributed by atoms with Crippen molar-refractivity contribution < 1.29 is 13.2 Å². The summed E-state index contributed by atoms with van der Waals surface area (Å²) in [7, 11) is 4.96. The number of nitrogens with zero attached hydrogens (tertiary/aromatic N) is 5. The maximum atomic E-state index is 12.4. The van der Waals surface area contributed by atoms with Gasteiger partial charge >= 0.3 is 6.18 Å². The average molecular weight is 510 g/mol. The molecule has 0 fully saturated rings. The second-order valence-corrected chi connectivity index (χ2v) is 6.31. The third-order valence-electron chi connectivity index (χ3n) is 3.88. The van der Waals surface area contributed by atoms with Crippen LogP contribution in [0.25, 0.3) is 5.69 Å². The summed E-state index contributed by atoms with van der Waals surface area (Å²) in [5.41, 5.74) is 1.97. The number of aromatic nitrogens is 2. The Labute approximate surface area is 180 Å². The quantitative estimate of drug-likeness (QED) is 0.354. The van der Waals surface area contributed by atoms with Crippen LogP contribution in [0.15, 0.2) is 47.7 Å². The summed E-state index contributed by atoms with van der Waals surface area (Å²) in [5, 5.41) is 7.44. The molecule has 0 radical (unpaired) electrons. The van der Waals surface area contributed by atoms with E-state index in [0.717, 1.165) is 11.3 Å². The van der Waals surface area contributed by atoms with Gasteiger partial charge in [0, 0.05) is 45.5 Å². The molecule has 1 heterocycles. The van der Waals surface area contributed by atoms with Crippen molar-refractivity contribution in [1.82, 2.24) is 24.9 Å². The van der Waals surface area contributed by atoms with Gasteiger partial charge in [-0.25, -0.2) is 4.68 Å². The summed E-state index contributed by atoms with van der Waals surface area (Å²) in [6, 6.07) is 9.79. The van der Waals surface area contributed by atoms with E-state index < -0.39 is 12.7 Å². The highest BCUT2D eigenvalue weighted by atomic mass is 127. The maximum Gasteiger partial charge on any atom is 0.401 e. The van der Waals surface area contributed by atoms with Gasteiger partial charge in [0.2, 0.25) is 0 Å². The zero-order chi connectivity index (χ0) is 19.9. The van der Waals surface area contributed by atoms with Crippen molar-refractivity contribution in [3.8, 4) is 5.69 Å². The Kier molecular flexibility index (Phi) is 9.73. The van der Waals surface area contributed by atoms with E-state index in [1.165, 1.54) is 11.9 Å². The topological polar surface area (TPSA) is 48.7 Å². The van der Waals surface area contributed by atoms with Gasteiger partial charge in [0.15, 0.2) is 5.96 Å². The molecule has 0 aliphatic carbocycles. The monoisotopic (exact) mass is 510 g/mol. The molecular formula is C18H26F3IN6. The number of guanidine groups is 1. The summed E-state index contributed by atoms with van der Waals surface area (Å²) in [5.74, 6) is 0.614. The van der Waals surface area contributed by atoms with Gasteiger partial charge in [-0.3, -0.25) is 9.89 Å². The molecule has 0 saturated carbocycles. The van der Waals surface area contributed by atoms with Gasteiger partial charge in [-0.1, -0.05) is 18.2 Å². The van der Waals surface area contributed by atoms with E-state index in [1.54, 1.807) is 17.9 Å². The summed E-state index contributed by atoms with van der Waals surface area (Å²) in [6.07, 6.45) is -0.462. The van der Waals surface area contributed by atoms with Crippen LogP contribution in [0.2, 0.25) is 0 Å². The van der Waals surface area contributed by atoms with E-state index in [-0.39, 0.29) is 30.5 Å². The molecule has 0 aliphatic heterocycles. The van der Waals surface area contributed by atoms with Crippen LogP contribution in [0.4, 0.5) is 13.2 Å². The Bertz CT molecular complexity index is 732. The van der Waals surface area contributed by atoms with Crippen LogP contribution in [0.1, 0.15) is 5.56 Å². The molecule has 10 heteroatoms. The Balaban J connectivity index is 0.00000392. The number of halogens is 4. The minimum Gasteiger partial charge on any atom is -0.355 e. The standard InChI is InChI=1S/C18H25F3N6.HI/c1-22-17(23-9-10-25(2)14-18(19,20)21)26(3)12-15-11-24-27(13-15)16-7-5-4-6-8-16;/h4-8,11,13H,9-10,12,14H2,1-3H3,(H,22,23);1H. The minimum absolute atomic E-state index is 0. The highest BCUT2D eigenvalue weighted by Gasteiger charge is 2.28. The normalized spacial score (nSPS) is 12.0. The molecule has 0 spiro atoms. The molecule has 156 valence electrons. The summed E-state index contributed by atoms with van der Waals surface area (Å²) >= 11 is 0. The molecule has 0 unspecified atom stereocenters. The lowest BCUT2D eigenvalue weighted by molar-refractivity contribution is -0.142. The SMILES string of the molecule is CN=C(NCCN(C)CC(F)(F)F)N(C)Cc1cnn(-c2ccccc2)c1.I. The molecular weight excluding hydrogens is 484 g/mol. The van der Waals surface area contributed by atoms with Crippen LogP contribution >= 0.6 is 24.0 Å². The second kappa shape index (κ2) is 11.2. The van der Waals surface area contributed by atoms with Crippen LogP contribution in [0.3, 0.4) is 0 Å². The van der Waals surface area contributed by atoms with E-state index in [4.69, 9.17) is 0 Å². The predicted octanol–water partition coefficient (Wildman–Crippen LogP) is 2.99. The van der Waals surface area contributed by atoms with Gasteiger partial charge in [-0.15, -0.1) is 24.0 Å². The molecule has 2 aromatic rings. The van der Waals surface area contributed by atoms with Gasteiger partial charge in [-0.05, 0) is 19.2 Å². The zero-order valence-corrected chi connectivity index (χ0v) is 18.5. The first-order valence-electron chi connectivity index (χ1n) is 8.54. The predicted molar refractivity (Wildman–Crippen MR) is 115 cm³/mol. The first-order chi connectivity index (χ1) is 12.8. The fraction of sp³-hybridized carbons (Fsp3) is 0.444. The van der Waals surface area contributed by atoms with Crippen molar-refractivity contribution in [2.75, 3.05) is 40.8 Å². The number of rotatable bonds is 7. The second-order valence-electron chi connectivity index (χ2n) is 6.31. The van der Waals surface area contributed by atoms with Crippen molar-refractivity contribution >= 4 is 29.9 Å². The van der Waals surface area contributed by atoms with Crippen LogP contribution in [0.5, 0.6) is 0 Å². The van der Waals surface area contributed by atoms with E-state index in [1.807, 2.05) is 48.5 Å². The lowest BCUT2D eigenvalue weighted by atomic mass is 10.3. The zero-order valence-electron chi connectivity index (χ0n) is 16.1. The number of alkyl halides is 3. The Morgan fingerprint density at radius 1 is 1.21 bits per heavy atom. The summed E-state index contributed by atoms with van der Waals surface area (Å²) in [6.45, 7) is 0.276. The fourth-order valence-corrected chi connectivity index (χ4v) is 2.64. The number of likely N-dealkylation sites (N-methyl/N-ethyl adjacent to an activating group) is 1. The van der Waals surface area contributed by atoms with Crippen molar-refractivity contribution in [3.63, 3.8) is 0 Å². The van der Waals surface area contributed by atoms with E-state index in [9.17, 15) is 13.2 Å². The molecule has 1 N–H and O–H groups in total. The minimum atomic E-state index is -4.19. The van der Waals surface area contributed by atoms with Crippen molar-refractivity contribution in [3.05, 3.63) is 48.3 Å². The van der Waals surface area contributed by atoms with Crippen LogP contribution < -0.4 is 5.32 Å². The highest BCUT2D eigenvalue weighted by Crippen LogP contribution is 2.15. The molecule has 2 rings (SSSR count). The van der Waals surface area contributed by atoms with Crippen LogP contribution in [0, 0.1) is 0 Å². The Morgan fingerprint density at radius 3 is 2.50 bits per heavy atom. The first kappa shape index (κ1) is 24.2. The number of aliphatic imine (C=N–C) groups is 1. The molecule has 0 atom stereocenters. The molecule has 28 heavy (non-hydrogen) atoms. The van der Waals surface area contributed by atoms with Crippen molar-refractivity contribution in [1.29, 1.82) is 0 Å². The maximum absolute atomic E-state index is 12.4. The number of benzene rings is 1. The fourth-order valence-electron chi connectivity index (χ4n) is 2.64. The van der Waals surface area contributed by atoms with Gasteiger partial charge in [0.05, 0.1) is 18.4 Å². The van der Waals surface area contributed by atoms with Crippen molar-refractivity contribution in [2.45, 2.75) is 12.7 Å². The highest BCUT2D eigenvalue weighted by molar-refractivity contribution is 14.0. The number of hydrogen-bond acceptors (Lipinski definition) is 3. The van der Waals surface area contributed by atoms with Gasteiger partial charge in [-0.2, -0.15) is 18.3 Å². The molecule has 0 aliphatic rings. The number of nitrogens with one attached hydrogen (secondary N) is 1. The summed E-state index contributed by atoms with van der Waals surface area (Å²) < 4.78 is 38.9. The first-order valence-corrected chi connectivity index (χ1v) is 8.54. The smallest absolute Gasteiger partial charge is 0.355 e. The third-order valence-corrected chi connectivity index (χ3v) is 3.88. The van der Waals surface area contributed by atoms with Crippen LogP contribution in [-0.4, -0.2) is 72.5 Å². The van der Waals surface area contributed by atoms with Crippen molar-refractivity contribution in [2.24, 2.45) is 4.99 Å². The van der Waals surface area contributed by atoms with E-state index in [2.05, 4.69) is 15.4 Å². The van der Waals surface area contributed by atoms with E-state index >= 15 is 0 Å². The number of para-hydroxylation sites is 1. The van der Waals surface area contributed by atoms with Gasteiger partial charge < -0.3 is 10.2 Å².